The van der Waals surface area contributed by atoms with Gasteiger partial charge in [-0.25, -0.2) is 9.59 Å². The number of carbonyl (C=O) groups is 1. The van der Waals surface area contributed by atoms with Crippen LogP contribution in [-0.2, 0) is 9.53 Å². The van der Waals surface area contributed by atoms with Gasteiger partial charge in [0.25, 0.3) is 0 Å². The van der Waals surface area contributed by atoms with Gasteiger partial charge < -0.3 is 4.74 Å². The molecule has 5 heteroatoms. The minimum absolute atomic E-state index is 0.328. The van der Waals surface area contributed by atoms with Crippen LogP contribution >= 0.6 is 11.3 Å². The van der Waals surface area contributed by atoms with Gasteiger partial charge in [-0.1, -0.05) is 30.3 Å². The third-order valence-corrected chi connectivity index (χ3v) is 3.94. The van der Waals surface area contributed by atoms with Crippen molar-refractivity contribution in [1.82, 2.24) is 0 Å². The van der Waals surface area contributed by atoms with Gasteiger partial charge in [-0.2, -0.15) is 4.99 Å². The van der Waals surface area contributed by atoms with E-state index in [0.717, 1.165) is 16.0 Å². The van der Waals surface area contributed by atoms with Crippen molar-refractivity contribution >= 4 is 28.4 Å². The lowest BCUT2D eigenvalue weighted by Crippen LogP contribution is -2.01. The van der Waals surface area contributed by atoms with Crippen LogP contribution in [0.25, 0.3) is 10.4 Å². The van der Waals surface area contributed by atoms with Gasteiger partial charge in [-0.15, -0.1) is 11.3 Å². The highest BCUT2D eigenvalue weighted by atomic mass is 32.1. The minimum Gasteiger partial charge on any atom is -0.465 e. The third kappa shape index (κ3) is 2.47. The third-order valence-electron chi connectivity index (χ3n) is 2.70. The number of esters is 1. The Morgan fingerprint density at radius 3 is 2.58 bits per heavy atom. The van der Waals surface area contributed by atoms with Crippen molar-refractivity contribution in [3.05, 3.63) is 41.5 Å². The molecule has 0 radical (unpaired) electrons. The Balaban J connectivity index is 2.65. The van der Waals surface area contributed by atoms with E-state index < -0.39 is 5.97 Å². The molecule has 0 saturated heterocycles. The van der Waals surface area contributed by atoms with Crippen LogP contribution in [0.2, 0.25) is 0 Å². The van der Waals surface area contributed by atoms with E-state index in [9.17, 15) is 9.59 Å². The standard InChI is InChI=1S/C14H11NO3S/c1-9-11(14(17)18-2)13(15-8-16)19-12(9)10-6-4-3-5-7-10/h3-7H,1-2H3. The molecule has 2 rings (SSSR count). The maximum atomic E-state index is 11.8. The van der Waals surface area contributed by atoms with E-state index in [1.807, 2.05) is 37.3 Å². The number of nitrogens with zero attached hydrogens (tertiary/aromatic N) is 1. The molecule has 0 amide bonds. The highest BCUT2D eigenvalue weighted by molar-refractivity contribution is 7.19. The molecule has 0 fully saturated rings. The zero-order valence-corrected chi connectivity index (χ0v) is 11.3. The summed E-state index contributed by atoms with van der Waals surface area (Å²) in [7, 11) is 1.30. The molecular weight excluding hydrogens is 262 g/mol. The number of ether oxygens (including phenoxy) is 1. The van der Waals surface area contributed by atoms with Gasteiger partial charge in [-0.05, 0) is 18.1 Å². The van der Waals surface area contributed by atoms with Crippen LogP contribution in [0.3, 0.4) is 0 Å². The molecule has 4 nitrogen and oxygen atoms in total. The molecule has 0 spiro atoms. The Hall–Kier alpha value is -2.23. The first-order chi connectivity index (χ1) is 9.19. The van der Waals surface area contributed by atoms with Crippen molar-refractivity contribution < 1.29 is 14.3 Å². The molecule has 1 aromatic carbocycles. The van der Waals surface area contributed by atoms with E-state index in [1.54, 1.807) is 0 Å². The van der Waals surface area contributed by atoms with Gasteiger partial charge in [0.05, 0.1) is 7.11 Å². The van der Waals surface area contributed by atoms with E-state index in [4.69, 9.17) is 4.74 Å². The van der Waals surface area contributed by atoms with Gasteiger partial charge in [-0.3, -0.25) is 0 Å². The number of benzene rings is 1. The maximum absolute atomic E-state index is 11.8. The smallest absolute Gasteiger partial charge is 0.341 e. The predicted octanol–water partition coefficient (Wildman–Crippen LogP) is 3.48. The van der Waals surface area contributed by atoms with Crippen molar-refractivity contribution in [2.24, 2.45) is 4.99 Å². The average molecular weight is 273 g/mol. The van der Waals surface area contributed by atoms with Gasteiger partial charge >= 0.3 is 5.97 Å². The zero-order valence-electron chi connectivity index (χ0n) is 10.5. The summed E-state index contributed by atoms with van der Waals surface area (Å²) < 4.78 is 4.73. The maximum Gasteiger partial charge on any atom is 0.341 e. The van der Waals surface area contributed by atoms with Crippen molar-refractivity contribution in [3.8, 4) is 10.4 Å². The molecule has 0 unspecified atom stereocenters. The Kier molecular flexibility index (Phi) is 3.90. The van der Waals surface area contributed by atoms with E-state index in [2.05, 4.69) is 4.99 Å². The fraction of sp³-hybridized carbons (Fsp3) is 0.143. The van der Waals surface area contributed by atoms with Crippen LogP contribution in [0.15, 0.2) is 35.3 Å². The molecule has 0 bridgehead atoms. The summed E-state index contributed by atoms with van der Waals surface area (Å²) >= 11 is 1.28. The van der Waals surface area contributed by atoms with Crippen LogP contribution in [0.4, 0.5) is 5.00 Å². The molecule has 19 heavy (non-hydrogen) atoms. The zero-order chi connectivity index (χ0) is 13.8. The number of hydrogen-bond acceptors (Lipinski definition) is 5. The Bertz CT molecular complexity index is 655. The second-order valence-electron chi connectivity index (χ2n) is 3.80. The summed E-state index contributed by atoms with van der Waals surface area (Å²) in [6.07, 6.45) is 1.47. The van der Waals surface area contributed by atoms with Gasteiger partial charge in [0.1, 0.15) is 10.6 Å². The number of thiophene rings is 1. The summed E-state index contributed by atoms with van der Waals surface area (Å²) in [6, 6.07) is 9.62. The minimum atomic E-state index is -0.495. The molecule has 0 atom stereocenters. The first kappa shape index (κ1) is 13.2. The topological polar surface area (TPSA) is 55.7 Å². The Morgan fingerprint density at radius 1 is 1.32 bits per heavy atom. The van der Waals surface area contributed by atoms with Crippen LogP contribution in [0.1, 0.15) is 15.9 Å². The van der Waals surface area contributed by atoms with E-state index in [0.29, 0.717) is 10.6 Å². The van der Waals surface area contributed by atoms with Gasteiger partial charge in [0, 0.05) is 4.88 Å². The van der Waals surface area contributed by atoms with Crippen molar-refractivity contribution in [3.63, 3.8) is 0 Å². The second-order valence-corrected chi connectivity index (χ2v) is 4.80. The molecule has 96 valence electrons. The quantitative estimate of drug-likeness (QED) is 0.488. The molecule has 0 aliphatic rings. The molecule has 1 heterocycles. The molecule has 2 aromatic rings. The van der Waals surface area contributed by atoms with Crippen molar-refractivity contribution in [2.45, 2.75) is 6.92 Å². The van der Waals surface area contributed by atoms with Crippen LogP contribution < -0.4 is 0 Å². The molecule has 0 N–H and O–H groups in total. The number of methoxy groups -OCH3 is 1. The summed E-state index contributed by atoms with van der Waals surface area (Å²) in [4.78, 5) is 26.7. The largest absolute Gasteiger partial charge is 0.465 e. The normalized spacial score (nSPS) is 9.79. The number of hydrogen-bond donors (Lipinski definition) is 0. The monoisotopic (exact) mass is 273 g/mol. The van der Waals surface area contributed by atoms with Crippen LogP contribution in [0, 0.1) is 6.92 Å². The lowest BCUT2D eigenvalue weighted by Gasteiger charge is -2.01. The van der Waals surface area contributed by atoms with Crippen molar-refractivity contribution in [1.29, 1.82) is 0 Å². The number of carbonyl (C=O) groups excluding carboxylic acids is 2. The number of isocyanates is 1. The summed E-state index contributed by atoms with van der Waals surface area (Å²) in [5, 5.41) is 0.332. The van der Waals surface area contributed by atoms with E-state index in [1.165, 1.54) is 24.5 Å². The highest BCUT2D eigenvalue weighted by Crippen LogP contribution is 2.41. The lowest BCUT2D eigenvalue weighted by atomic mass is 10.1. The van der Waals surface area contributed by atoms with Gasteiger partial charge in [0.2, 0.25) is 6.08 Å². The number of rotatable bonds is 3. The molecule has 0 aliphatic carbocycles. The van der Waals surface area contributed by atoms with Crippen molar-refractivity contribution in [2.75, 3.05) is 7.11 Å². The fourth-order valence-corrected chi connectivity index (χ4v) is 2.95. The molecular formula is C14H11NO3S. The molecule has 0 aliphatic heterocycles. The molecule has 0 saturated carbocycles. The average Bonchev–Trinajstić information content (AvgIpc) is 2.76. The number of aliphatic imine (C=N–C) groups is 1. The SMILES string of the molecule is COC(=O)c1c(N=C=O)sc(-c2ccccc2)c1C. The highest BCUT2D eigenvalue weighted by Gasteiger charge is 2.22. The first-order valence-electron chi connectivity index (χ1n) is 5.54. The predicted molar refractivity (Wildman–Crippen MR) is 73.6 cm³/mol. The first-order valence-corrected chi connectivity index (χ1v) is 6.35. The van der Waals surface area contributed by atoms with E-state index in [-0.39, 0.29) is 0 Å². The van der Waals surface area contributed by atoms with Gasteiger partial charge in [0.15, 0.2) is 0 Å². The van der Waals surface area contributed by atoms with E-state index >= 15 is 0 Å². The second kappa shape index (κ2) is 5.61. The lowest BCUT2D eigenvalue weighted by molar-refractivity contribution is 0.0601. The van der Waals surface area contributed by atoms with Crippen LogP contribution in [-0.4, -0.2) is 19.2 Å². The summed E-state index contributed by atoms with van der Waals surface area (Å²) in [5.41, 5.74) is 2.06. The molecule has 1 aromatic heterocycles. The Labute approximate surface area is 114 Å². The summed E-state index contributed by atoms with van der Waals surface area (Å²) in [5.74, 6) is -0.495. The summed E-state index contributed by atoms with van der Waals surface area (Å²) in [6.45, 7) is 1.81. The Morgan fingerprint density at radius 2 is 2.00 bits per heavy atom. The fourth-order valence-electron chi connectivity index (χ4n) is 1.83. The van der Waals surface area contributed by atoms with Crippen LogP contribution in [0.5, 0.6) is 0 Å².